The van der Waals surface area contributed by atoms with Gasteiger partial charge in [0.05, 0.1) is 6.61 Å². The van der Waals surface area contributed by atoms with Gasteiger partial charge in [-0.3, -0.25) is 4.90 Å². The van der Waals surface area contributed by atoms with Gasteiger partial charge in [-0.2, -0.15) is 0 Å². The Morgan fingerprint density at radius 3 is 2.39 bits per heavy atom. The fourth-order valence-corrected chi connectivity index (χ4v) is 3.06. The molecule has 0 spiro atoms. The first-order valence-electron chi connectivity index (χ1n) is 7.24. The van der Waals surface area contributed by atoms with Crippen LogP contribution in [0.1, 0.15) is 43.4 Å². The lowest BCUT2D eigenvalue weighted by atomic mass is 10.1. The molecule has 0 heterocycles. The molecule has 1 atom stereocenters. The maximum absolute atomic E-state index is 9.20. The van der Waals surface area contributed by atoms with Crippen molar-refractivity contribution in [3.8, 4) is 0 Å². The van der Waals surface area contributed by atoms with E-state index < -0.39 is 0 Å². The first kappa shape index (κ1) is 13.6. The highest BCUT2D eigenvalue weighted by Crippen LogP contribution is 2.27. The topological polar surface area (TPSA) is 23.5 Å². The highest BCUT2D eigenvalue weighted by molar-refractivity contribution is 5.37. The number of hydrogen-bond acceptors (Lipinski definition) is 2. The lowest BCUT2D eigenvalue weighted by molar-refractivity contribution is 0.202. The van der Waals surface area contributed by atoms with Gasteiger partial charge in [-0.25, -0.2) is 0 Å². The van der Waals surface area contributed by atoms with Crippen molar-refractivity contribution in [2.45, 2.75) is 52.2 Å². The van der Waals surface area contributed by atoms with Crippen LogP contribution in [0.4, 0.5) is 0 Å². The maximum Gasteiger partial charge on any atom is 0.0681 e. The van der Waals surface area contributed by atoms with Gasteiger partial charge in [0.25, 0.3) is 0 Å². The fraction of sp³-hybridized carbons (Fsp3) is 0.625. The maximum atomic E-state index is 9.20. The molecular weight excluding hydrogens is 222 g/mol. The molecule has 100 valence electrons. The van der Waals surface area contributed by atoms with E-state index in [0.29, 0.717) is 6.04 Å². The van der Waals surface area contributed by atoms with E-state index in [0.717, 1.165) is 12.0 Å². The molecular formula is C16H25NO. The number of rotatable bonds is 6. The van der Waals surface area contributed by atoms with E-state index in [1.807, 2.05) is 0 Å². The zero-order chi connectivity index (χ0) is 13.0. The summed E-state index contributed by atoms with van der Waals surface area (Å²) in [7, 11) is 0. The minimum absolute atomic E-state index is 0.158. The molecule has 0 radical (unpaired) electrons. The Labute approximate surface area is 111 Å². The molecule has 1 aliphatic carbocycles. The van der Waals surface area contributed by atoms with Gasteiger partial charge in [0, 0.05) is 6.04 Å². The Kier molecular flexibility index (Phi) is 4.79. The van der Waals surface area contributed by atoms with Crippen LogP contribution >= 0.6 is 0 Å². The Bertz CT molecular complexity index is 383. The predicted molar refractivity (Wildman–Crippen MR) is 75.7 cm³/mol. The molecule has 0 saturated carbocycles. The number of nitrogens with zero attached hydrogens (tertiary/aromatic N) is 1. The molecule has 1 N–H and O–H groups in total. The van der Waals surface area contributed by atoms with E-state index >= 15 is 0 Å². The minimum atomic E-state index is 0.158. The van der Waals surface area contributed by atoms with Crippen LogP contribution in [-0.4, -0.2) is 29.1 Å². The third-order valence-corrected chi connectivity index (χ3v) is 3.90. The van der Waals surface area contributed by atoms with Crippen LogP contribution in [0.5, 0.6) is 0 Å². The van der Waals surface area contributed by atoms with Crippen molar-refractivity contribution in [1.29, 1.82) is 0 Å². The van der Waals surface area contributed by atoms with Crippen molar-refractivity contribution >= 4 is 0 Å². The quantitative estimate of drug-likeness (QED) is 0.835. The van der Waals surface area contributed by atoms with Gasteiger partial charge in [0.15, 0.2) is 0 Å². The fourth-order valence-electron chi connectivity index (χ4n) is 3.06. The van der Waals surface area contributed by atoms with E-state index in [-0.39, 0.29) is 6.61 Å². The summed E-state index contributed by atoms with van der Waals surface area (Å²) in [6, 6.07) is 7.13. The molecule has 0 bridgehead atoms. The number of aliphatic hydroxyl groups excluding tert-OH is 1. The Morgan fingerprint density at radius 2 is 1.78 bits per heavy atom. The number of benzene rings is 1. The molecule has 0 saturated heterocycles. The lowest BCUT2D eigenvalue weighted by Crippen LogP contribution is -2.37. The van der Waals surface area contributed by atoms with E-state index in [2.05, 4.69) is 36.9 Å². The summed E-state index contributed by atoms with van der Waals surface area (Å²) in [6.07, 6.45) is 4.80. The standard InChI is InChI=1S/C16H25NO/c1-3-7-17(8-4-2)16-10-14-6-5-13(12-18)9-15(14)11-16/h5-6,9,16,18H,3-4,7-8,10-12H2,1-2H3/t16-/m0/s1. The second kappa shape index (κ2) is 6.35. The number of hydrogen-bond donors (Lipinski definition) is 1. The highest BCUT2D eigenvalue weighted by Gasteiger charge is 2.25. The molecule has 2 rings (SSSR count). The third kappa shape index (κ3) is 2.93. The summed E-state index contributed by atoms with van der Waals surface area (Å²) in [5.41, 5.74) is 3.98. The minimum Gasteiger partial charge on any atom is -0.392 e. The van der Waals surface area contributed by atoms with Crippen molar-refractivity contribution in [2.75, 3.05) is 13.1 Å². The largest absolute Gasteiger partial charge is 0.392 e. The summed E-state index contributed by atoms with van der Waals surface area (Å²) in [4.78, 5) is 2.64. The van der Waals surface area contributed by atoms with Gasteiger partial charge in [-0.15, -0.1) is 0 Å². The summed E-state index contributed by atoms with van der Waals surface area (Å²) in [5, 5.41) is 9.20. The SMILES string of the molecule is CCCN(CCC)[C@H]1Cc2ccc(CO)cc2C1. The van der Waals surface area contributed by atoms with Crippen molar-refractivity contribution in [2.24, 2.45) is 0 Å². The van der Waals surface area contributed by atoms with Crippen molar-refractivity contribution < 1.29 is 5.11 Å². The monoisotopic (exact) mass is 247 g/mol. The second-order valence-corrected chi connectivity index (χ2v) is 5.36. The molecule has 0 aromatic heterocycles. The first-order chi connectivity index (χ1) is 8.78. The van der Waals surface area contributed by atoms with Gasteiger partial charge < -0.3 is 5.11 Å². The average molecular weight is 247 g/mol. The molecule has 2 heteroatoms. The first-order valence-corrected chi connectivity index (χ1v) is 7.24. The molecule has 0 amide bonds. The Hall–Kier alpha value is -0.860. The lowest BCUT2D eigenvalue weighted by Gasteiger charge is -2.27. The second-order valence-electron chi connectivity index (χ2n) is 5.36. The van der Waals surface area contributed by atoms with Crippen LogP contribution in [-0.2, 0) is 19.4 Å². The summed E-state index contributed by atoms with van der Waals surface area (Å²) >= 11 is 0. The van der Waals surface area contributed by atoms with E-state index in [4.69, 9.17) is 0 Å². The highest BCUT2D eigenvalue weighted by atomic mass is 16.3. The molecule has 1 aliphatic rings. The summed E-state index contributed by atoms with van der Waals surface area (Å²) in [6.45, 7) is 7.09. The predicted octanol–water partition coefficient (Wildman–Crippen LogP) is 2.77. The normalized spacial score (nSPS) is 18.3. The molecule has 0 unspecified atom stereocenters. The van der Waals surface area contributed by atoms with Crippen molar-refractivity contribution in [3.05, 3.63) is 34.9 Å². The van der Waals surface area contributed by atoms with Gasteiger partial charge in [-0.05, 0) is 55.5 Å². The molecule has 1 aromatic carbocycles. The van der Waals surface area contributed by atoms with Crippen LogP contribution in [0.3, 0.4) is 0 Å². The van der Waals surface area contributed by atoms with Gasteiger partial charge in [-0.1, -0.05) is 32.0 Å². The molecule has 0 fully saturated rings. The molecule has 18 heavy (non-hydrogen) atoms. The van der Waals surface area contributed by atoms with Gasteiger partial charge in [0.1, 0.15) is 0 Å². The van der Waals surface area contributed by atoms with Crippen LogP contribution in [0, 0.1) is 0 Å². The van der Waals surface area contributed by atoms with E-state index in [1.54, 1.807) is 0 Å². The van der Waals surface area contributed by atoms with Crippen LogP contribution in [0.25, 0.3) is 0 Å². The summed E-state index contributed by atoms with van der Waals surface area (Å²) in [5.74, 6) is 0. The molecule has 2 nitrogen and oxygen atoms in total. The van der Waals surface area contributed by atoms with Gasteiger partial charge >= 0.3 is 0 Å². The molecule has 0 aliphatic heterocycles. The van der Waals surface area contributed by atoms with Crippen LogP contribution in [0.2, 0.25) is 0 Å². The average Bonchev–Trinajstić information content (AvgIpc) is 2.81. The number of aliphatic hydroxyl groups is 1. The summed E-state index contributed by atoms with van der Waals surface area (Å²) < 4.78 is 0. The van der Waals surface area contributed by atoms with Crippen molar-refractivity contribution in [3.63, 3.8) is 0 Å². The van der Waals surface area contributed by atoms with Crippen molar-refractivity contribution in [1.82, 2.24) is 4.90 Å². The zero-order valence-corrected chi connectivity index (χ0v) is 11.7. The van der Waals surface area contributed by atoms with Gasteiger partial charge in [0.2, 0.25) is 0 Å². The molecule has 1 aromatic rings. The smallest absolute Gasteiger partial charge is 0.0681 e. The van der Waals surface area contributed by atoms with Crippen LogP contribution < -0.4 is 0 Å². The van der Waals surface area contributed by atoms with E-state index in [1.165, 1.54) is 43.5 Å². The zero-order valence-electron chi connectivity index (χ0n) is 11.7. The van der Waals surface area contributed by atoms with Crippen LogP contribution in [0.15, 0.2) is 18.2 Å². The van der Waals surface area contributed by atoms with E-state index in [9.17, 15) is 5.11 Å². The number of fused-ring (bicyclic) bond motifs is 1. The Balaban J connectivity index is 2.07. The third-order valence-electron chi connectivity index (χ3n) is 3.90. The Morgan fingerprint density at radius 1 is 1.11 bits per heavy atom.